The van der Waals surface area contributed by atoms with Gasteiger partial charge in [0.15, 0.2) is 5.96 Å². The molecule has 1 aromatic rings. The van der Waals surface area contributed by atoms with Gasteiger partial charge >= 0.3 is 0 Å². The van der Waals surface area contributed by atoms with E-state index in [1.54, 1.807) is 19.2 Å². The average Bonchev–Trinajstić information content (AvgIpc) is 2.60. The molecule has 1 aromatic carbocycles. The van der Waals surface area contributed by atoms with Crippen molar-refractivity contribution in [1.29, 1.82) is 0 Å². The maximum Gasteiger partial charge on any atom is 0.222 e. The molecule has 1 rings (SSSR count). The molecule has 0 heterocycles. The van der Waals surface area contributed by atoms with Crippen LogP contribution in [0, 0.1) is 17.7 Å². The number of guanidine groups is 1. The number of amides is 1. The summed E-state index contributed by atoms with van der Waals surface area (Å²) in [6.45, 7) is 6.76. The van der Waals surface area contributed by atoms with Crippen molar-refractivity contribution >= 4 is 11.9 Å². The predicted octanol–water partition coefficient (Wildman–Crippen LogP) is 1.70. The number of carbonyl (C=O) groups excluding carboxylic acids is 1. The van der Waals surface area contributed by atoms with Crippen LogP contribution in [0.1, 0.15) is 25.8 Å². The van der Waals surface area contributed by atoms with E-state index in [0.717, 1.165) is 25.1 Å². The fourth-order valence-corrected chi connectivity index (χ4v) is 2.32. The first-order valence-electron chi connectivity index (χ1n) is 8.98. The van der Waals surface area contributed by atoms with Gasteiger partial charge in [-0.25, -0.2) is 4.39 Å². The zero-order chi connectivity index (χ0) is 19.4. The lowest BCUT2D eigenvalue weighted by atomic mass is 9.98. The van der Waals surface area contributed by atoms with Gasteiger partial charge in [0.25, 0.3) is 0 Å². The van der Waals surface area contributed by atoms with E-state index in [-0.39, 0.29) is 5.82 Å². The van der Waals surface area contributed by atoms with Crippen LogP contribution in [-0.2, 0) is 16.0 Å². The third-order valence-corrected chi connectivity index (χ3v) is 3.75. The number of carbonyl (C=O) groups is 1. The minimum atomic E-state index is -0.409. The summed E-state index contributed by atoms with van der Waals surface area (Å²) in [6.07, 6.45) is 1.31. The van der Waals surface area contributed by atoms with Gasteiger partial charge in [-0.2, -0.15) is 0 Å². The third-order valence-electron chi connectivity index (χ3n) is 3.75. The molecule has 4 N–H and O–H groups in total. The first-order valence-corrected chi connectivity index (χ1v) is 8.98. The van der Waals surface area contributed by atoms with Gasteiger partial charge in [-0.1, -0.05) is 26.0 Å². The molecule has 0 saturated carbocycles. The number of hydrogen-bond donors (Lipinski definition) is 3. The Morgan fingerprint density at radius 3 is 2.54 bits per heavy atom. The molecule has 0 spiro atoms. The molecule has 1 unspecified atom stereocenters. The molecule has 0 aliphatic carbocycles. The zero-order valence-electron chi connectivity index (χ0n) is 15.9. The molecule has 0 saturated heterocycles. The monoisotopic (exact) mass is 366 g/mol. The summed E-state index contributed by atoms with van der Waals surface area (Å²) in [6, 6.07) is 6.08. The van der Waals surface area contributed by atoms with Crippen molar-refractivity contribution in [2.24, 2.45) is 22.6 Å². The molecular weight excluding hydrogens is 335 g/mol. The van der Waals surface area contributed by atoms with Crippen LogP contribution in [0.5, 0.6) is 0 Å². The molecule has 0 fully saturated rings. The fourth-order valence-electron chi connectivity index (χ4n) is 2.32. The second kappa shape index (κ2) is 12.2. The van der Waals surface area contributed by atoms with Crippen molar-refractivity contribution in [3.63, 3.8) is 0 Å². The lowest BCUT2D eigenvalue weighted by molar-refractivity contribution is -0.121. The molecule has 0 aliphatic heterocycles. The number of rotatable bonds is 11. The lowest BCUT2D eigenvalue weighted by Gasteiger charge is -2.17. The Balaban J connectivity index is 2.36. The lowest BCUT2D eigenvalue weighted by Crippen LogP contribution is -2.43. The minimum Gasteiger partial charge on any atom is -0.381 e. The number of nitrogens with one attached hydrogen (secondary N) is 2. The van der Waals surface area contributed by atoms with Crippen molar-refractivity contribution < 1.29 is 13.9 Å². The first-order chi connectivity index (χ1) is 12.4. The van der Waals surface area contributed by atoms with E-state index in [1.807, 2.05) is 0 Å². The van der Waals surface area contributed by atoms with E-state index in [4.69, 9.17) is 10.5 Å². The number of nitrogens with zero attached hydrogens (tertiary/aromatic N) is 1. The van der Waals surface area contributed by atoms with Crippen molar-refractivity contribution in [1.82, 2.24) is 10.6 Å². The fraction of sp³-hybridized carbons (Fsp3) is 0.579. The number of aliphatic imine (C=N–C) groups is 1. The Hall–Kier alpha value is -2.15. The van der Waals surface area contributed by atoms with Crippen LogP contribution in [-0.4, -0.2) is 45.2 Å². The number of halogens is 1. The van der Waals surface area contributed by atoms with Crippen LogP contribution in [0.4, 0.5) is 4.39 Å². The van der Waals surface area contributed by atoms with Crippen molar-refractivity contribution in [2.45, 2.75) is 26.7 Å². The van der Waals surface area contributed by atoms with E-state index in [1.165, 1.54) is 12.1 Å². The zero-order valence-corrected chi connectivity index (χ0v) is 15.9. The largest absolute Gasteiger partial charge is 0.381 e. The summed E-state index contributed by atoms with van der Waals surface area (Å²) < 4.78 is 18.5. The molecular formula is C19H31FN4O2. The number of benzene rings is 1. The SMILES string of the molecule is CN=C(NCCCOCC(C)C)NCC(Cc1ccc(F)cc1)C(N)=O. The Morgan fingerprint density at radius 2 is 1.96 bits per heavy atom. The van der Waals surface area contributed by atoms with Crippen LogP contribution in [0.2, 0.25) is 0 Å². The standard InChI is InChI=1S/C19H31FN4O2/c1-14(2)13-26-10-4-9-23-19(22-3)24-12-16(18(21)25)11-15-5-7-17(20)8-6-15/h5-8,14,16H,4,9-13H2,1-3H3,(H2,21,25)(H2,22,23,24). The van der Waals surface area contributed by atoms with Crippen molar-refractivity contribution in [2.75, 3.05) is 33.4 Å². The normalized spacial score (nSPS) is 12.9. The molecule has 0 bridgehead atoms. The smallest absolute Gasteiger partial charge is 0.222 e. The van der Waals surface area contributed by atoms with Gasteiger partial charge < -0.3 is 21.1 Å². The van der Waals surface area contributed by atoms with E-state index in [0.29, 0.717) is 31.4 Å². The predicted molar refractivity (Wildman–Crippen MR) is 102 cm³/mol. The number of nitrogens with two attached hydrogens (primary N) is 1. The van der Waals surface area contributed by atoms with Crippen LogP contribution in [0.3, 0.4) is 0 Å². The van der Waals surface area contributed by atoms with Gasteiger partial charge in [-0.15, -0.1) is 0 Å². The molecule has 146 valence electrons. The molecule has 1 amide bonds. The van der Waals surface area contributed by atoms with Gasteiger partial charge in [0.2, 0.25) is 5.91 Å². The second-order valence-electron chi connectivity index (χ2n) is 6.63. The number of hydrogen-bond acceptors (Lipinski definition) is 3. The van der Waals surface area contributed by atoms with E-state index < -0.39 is 11.8 Å². The van der Waals surface area contributed by atoms with Crippen molar-refractivity contribution in [3.05, 3.63) is 35.6 Å². The maximum atomic E-state index is 13.0. The molecule has 7 heteroatoms. The van der Waals surface area contributed by atoms with Crippen LogP contribution in [0.15, 0.2) is 29.3 Å². The molecule has 26 heavy (non-hydrogen) atoms. The van der Waals surface area contributed by atoms with E-state index >= 15 is 0 Å². The average molecular weight is 366 g/mol. The summed E-state index contributed by atoms with van der Waals surface area (Å²) in [5, 5.41) is 6.30. The molecule has 1 atom stereocenters. The van der Waals surface area contributed by atoms with Gasteiger partial charge in [0, 0.05) is 33.4 Å². The number of primary amides is 1. The highest BCUT2D eigenvalue weighted by Crippen LogP contribution is 2.09. The summed E-state index contributed by atoms with van der Waals surface area (Å²) >= 11 is 0. The minimum absolute atomic E-state index is 0.301. The highest BCUT2D eigenvalue weighted by atomic mass is 19.1. The van der Waals surface area contributed by atoms with Gasteiger partial charge in [0.05, 0.1) is 5.92 Å². The van der Waals surface area contributed by atoms with E-state index in [9.17, 15) is 9.18 Å². The quantitative estimate of drug-likeness (QED) is 0.316. The summed E-state index contributed by atoms with van der Waals surface area (Å²) in [5.41, 5.74) is 6.35. The number of ether oxygens (including phenoxy) is 1. The van der Waals surface area contributed by atoms with Crippen LogP contribution < -0.4 is 16.4 Å². The van der Waals surface area contributed by atoms with Crippen LogP contribution >= 0.6 is 0 Å². The Kier molecular flexibility index (Phi) is 10.3. The van der Waals surface area contributed by atoms with Crippen molar-refractivity contribution in [3.8, 4) is 0 Å². The first kappa shape index (κ1) is 21.9. The summed E-state index contributed by atoms with van der Waals surface area (Å²) in [7, 11) is 1.67. The Labute approximate surface area is 155 Å². The topological polar surface area (TPSA) is 88.7 Å². The molecule has 0 aliphatic rings. The van der Waals surface area contributed by atoms with Gasteiger partial charge in [-0.3, -0.25) is 9.79 Å². The van der Waals surface area contributed by atoms with Gasteiger partial charge in [0.1, 0.15) is 5.82 Å². The molecule has 0 radical (unpaired) electrons. The molecule has 0 aromatic heterocycles. The summed E-state index contributed by atoms with van der Waals surface area (Å²) in [4.78, 5) is 15.8. The summed E-state index contributed by atoms with van der Waals surface area (Å²) in [5.74, 6) is 0.0284. The Morgan fingerprint density at radius 1 is 1.27 bits per heavy atom. The highest BCUT2D eigenvalue weighted by Gasteiger charge is 2.16. The second-order valence-corrected chi connectivity index (χ2v) is 6.63. The molecule has 6 nitrogen and oxygen atoms in total. The Bertz CT molecular complexity index is 561. The third kappa shape index (κ3) is 9.36. The highest BCUT2D eigenvalue weighted by molar-refractivity contribution is 5.81. The van der Waals surface area contributed by atoms with Crippen LogP contribution in [0.25, 0.3) is 0 Å². The van der Waals surface area contributed by atoms with E-state index in [2.05, 4.69) is 29.5 Å². The van der Waals surface area contributed by atoms with Gasteiger partial charge in [-0.05, 0) is 36.5 Å². The maximum absolute atomic E-state index is 13.0.